The number of hydrogen-bond acceptors (Lipinski definition) is 4. The zero-order valence-corrected chi connectivity index (χ0v) is 13.0. The van der Waals surface area contributed by atoms with Gasteiger partial charge in [-0.1, -0.05) is 11.6 Å². The van der Waals surface area contributed by atoms with Gasteiger partial charge in [0.1, 0.15) is 5.75 Å². The number of piperidine rings is 1. The molecule has 0 radical (unpaired) electrons. The number of halogens is 1. The third-order valence-electron chi connectivity index (χ3n) is 3.41. The van der Waals surface area contributed by atoms with Gasteiger partial charge < -0.3 is 10.5 Å². The van der Waals surface area contributed by atoms with Crippen LogP contribution in [-0.4, -0.2) is 38.7 Å². The fourth-order valence-electron chi connectivity index (χ4n) is 2.28. The largest absolute Gasteiger partial charge is 0.493 e. The van der Waals surface area contributed by atoms with Crippen LogP contribution in [0.25, 0.3) is 0 Å². The molecular weight excluding hydrogens is 300 g/mol. The molecule has 1 atom stereocenters. The van der Waals surface area contributed by atoms with Crippen molar-refractivity contribution < 1.29 is 13.2 Å². The van der Waals surface area contributed by atoms with E-state index in [-0.39, 0.29) is 5.92 Å². The maximum absolute atomic E-state index is 11.5. The van der Waals surface area contributed by atoms with Crippen LogP contribution in [-0.2, 0) is 10.0 Å². The number of anilines is 1. The lowest BCUT2D eigenvalue weighted by Gasteiger charge is -2.30. The average Bonchev–Trinajstić information content (AvgIpc) is 2.39. The quantitative estimate of drug-likeness (QED) is 0.861. The molecule has 0 saturated carbocycles. The number of nitrogen functional groups attached to an aromatic ring is 1. The second-order valence-corrected chi connectivity index (χ2v) is 7.51. The molecule has 0 aliphatic carbocycles. The number of benzene rings is 1. The maximum Gasteiger partial charge on any atom is 0.211 e. The zero-order chi connectivity index (χ0) is 14.8. The van der Waals surface area contributed by atoms with Gasteiger partial charge in [-0.05, 0) is 25.0 Å². The molecule has 0 amide bonds. The van der Waals surface area contributed by atoms with Gasteiger partial charge in [0.05, 0.1) is 23.6 Å². The van der Waals surface area contributed by atoms with Crippen molar-refractivity contribution in [3.05, 3.63) is 23.2 Å². The van der Waals surface area contributed by atoms with Crippen molar-refractivity contribution in [1.82, 2.24) is 4.31 Å². The molecule has 0 bridgehead atoms. The minimum atomic E-state index is -3.11. The standard InChI is InChI=1S/C13H19ClN2O3S/c1-20(17,18)16-6-2-3-10(8-16)9-19-11-4-5-13(15)12(14)7-11/h4-5,7,10H,2-3,6,8-9,15H2,1H3. The van der Waals surface area contributed by atoms with Gasteiger partial charge in [-0.3, -0.25) is 0 Å². The summed E-state index contributed by atoms with van der Waals surface area (Å²) in [7, 11) is -3.11. The Balaban J connectivity index is 1.92. The van der Waals surface area contributed by atoms with Crippen LogP contribution in [0.3, 0.4) is 0 Å². The number of nitrogens with zero attached hydrogens (tertiary/aromatic N) is 1. The Morgan fingerprint density at radius 3 is 2.90 bits per heavy atom. The highest BCUT2D eigenvalue weighted by atomic mass is 35.5. The van der Waals surface area contributed by atoms with Crippen LogP contribution in [0.5, 0.6) is 5.75 Å². The molecule has 0 aromatic heterocycles. The number of rotatable bonds is 4. The van der Waals surface area contributed by atoms with Crippen molar-refractivity contribution in [3.8, 4) is 5.75 Å². The topological polar surface area (TPSA) is 72.6 Å². The van der Waals surface area contributed by atoms with Gasteiger partial charge in [-0.2, -0.15) is 0 Å². The Morgan fingerprint density at radius 1 is 1.50 bits per heavy atom. The van der Waals surface area contributed by atoms with Gasteiger partial charge in [0.25, 0.3) is 0 Å². The summed E-state index contributed by atoms with van der Waals surface area (Å²) in [5.41, 5.74) is 6.15. The maximum atomic E-state index is 11.5. The molecule has 1 saturated heterocycles. The first-order valence-electron chi connectivity index (χ1n) is 6.49. The molecule has 2 N–H and O–H groups in total. The lowest BCUT2D eigenvalue weighted by molar-refractivity contribution is 0.181. The van der Waals surface area contributed by atoms with Crippen LogP contribution >= 0.6 is 11.6 Å². The highest BCUT2D eigenvalue weighted by molar-refractivity contribution is 7.88. The monoisotopic (exact) mass is 318 g/mol. The van der Waals surface area contributed by atoms with E-state index >= 15 is 0 Å². The van der Waals surface area contributed by atoms with Gasteiger partial charge in [-0.15, -0.1) is 0 Å². The van der Waals surface area contributed by atoms with Gasteiger partial charge in [-0.25, -0.2) is 12.7 Å². The number of nitrogens with two attached hydrogens (primary N) is 1. The first-order valence-corrected chi connectivity index (χ1v) is 8.72. The predicted octanol–water partition coefficient (Wildman–Crippen LogP) is 1.97. The molecule has 1 aliphatic heterocycles. The van der Waals surface area contributed by atoms with E-state index in [2.05, 4.69) is 0 Å². The summed E-state index contributed by atoms with van der Waals surface area (Å²) in [6.07, 6.45) is 3.08. The fraction of sp³-hybridized carbons (Fsp3) is 0.538. The van der Waals surface area contributed by atoms with Crippen molar-refractivity contribution in [2.45, 2.75) is 12.8 Å². The summed E-state index contributed by atoms with van der Waals surface area (Å²) in [6.45, 7) is 1.59. The van der Waals surface area contributed by atoms with E-state index in [1.54, 1.807) is 18.2 Å². The van der Waals surface area contributed by atoms with Crippen molar-refractivity contribution in [1.29, 1.82) is 0 Å². The van der Waals surface area contributed by atoms with Crippen molar-refractivity contribution in [2.24, 2.45) is 5.92 Å². The van der Waals surface area contributed by atoms with Crippen LogP contribution in [0.15, 0.2) is 18.2 Å². The molecule has 5 nitrogen and oxygen atoms in total. The Kier molecular flexibility index (Phi) is 4.78. The van der Waals surface area contributed by atoms with Crippen LogP contribution in [0.2, 0.25) is 5.02 Å². The molecule has 0 spiro atoms. The van der Waals surface area contributed by atoms with E-state index in [0.717, 1.165) is 12.8 Å². The smallest absolute Gasteiger partial charge is 0.211 e. The first kappa shape index (κ1) is 15.4. The van der Waals surface area contributed by atoms with E-state index in [9.17, 15) is 8.42 Å². The van der Waals surface area contributed by atoms with Crippen molar-refractivity contribution in [2.75, 3.05) is 31.7 Å². The van der Waals surface area contributed by atoms with Crippen LogP contribution < -0.4 is 10.5 Å². The molecular formula is C13H19ClN2O3S. The lowest BCUT2D eigenvalue weighted by Crippen LogP contribution is -2.40. The van der Waals surface area contributed by atoms with E-state index in [0.29, 0.717) is 36.2 Å². The van der Waals surface area contributed by atoms with Gasteiger partial charge in [0.15, 0.2) is 0 Å². The Morgan fingerprint density at radius 2 is 2.25 bits per heavy atom. The SMILES string of the molecule is CS(=O)(=O)N1CCCC(COc2ccc(N)c(Cl)c2)C1. The van der Waals surface area contributed by atoms with Gasteiger partial charge in [0.2, 0.25) is 10.0 Å². The fourth-order valence-corrected chi connectivity index (χ4v) is 3.39. The molecule has 1 unspecified atom stereocenters. The zero-order valence-electron chi connectivity index (χ0n) is 11.4. The molecule has 1 aromatic carbocycles. The third-order valence-corrected chi connectivity index (χ3v) is 5.01. The molecule has 7 heteroatoms. The van der Waals surface area contributed by atoms with Gasteiger partial charge >= 0.3 is 0 Å². The third kappa shape index (κ3) is 4.01. The summed E-state index contributed by atoms with van der Waals surface area (Å²) >= 11 is 5.93. The lowest BCUT2D eigenvalue weighted by atomic mass is 10.0. The number of hydrogen-bond donors (Lipinski definition) is 1. The van der Waals surface area contributed by atoms with Crippen molar-refractivity contribution >= 4 is 27.3 Å². The predicted molar refractivity (Wildman–Crippen MR) is 80.5 cm³/mol. The normalized spacial score (nSPS) is 20.8. The van der Waals surface area contributed by atoms with E-state index < -0.39 is 10.0 Å². The summed E-state index contributed by atoms with van der Waals surface area (Å²) < 4.78 is 30.3. The molecule has 1 fully saturated rings. The summed E-state index contributed by atoms with van der Waals surface area (Å²) in [4.78, 5) is 0. The van der Waals surface area contributed by atoms with Crippen LogP contribution in [0.1, 0.15) is 12.8 Å². The van der Waals surface area contributed by atoms with E-state index in [1.807, 2.05) is 0 Å². The molecule has 1 heterocycles. The first-order chi connectivity index (χ1) is 9.36. The highest BCUT2D eigenvalue weighted by Crippen LogP contribution is 2.25. The van der Waals surface area contributed by atoms with E-state index in [1.165, 1.54) is 10.6 Å². The molecule has 112 valence electrons. The molecule has 20 heavy (non-hydrogen) atoms. The summed E-state index contributed by atoms with van der Waals surface area (Å²) in [5, 5.41) is 0.462. The highest BCUT2D eigenvalue weighted by Gasteiger charge is 2.26. The summed E-state index contributed by atoms with van der Waals surface area (Å²) in [6, 6.07) is 5.13. The molecule has 1 aliphatic rings. The Labute approximate surface area is 124 Å². The molecule has 1 aromatic rings. The average molecular weight is 319 g/mol. The van der Waals surface area contributed by atoms with Crippen LogP contribution in [0, 0.1) is 5.92 Å². The second-order valence-electron chi connectivity index (χ2n) is 5.12. The Hall–Kier alpha value is -0.980. The second kappa shape index (κ2) is 6.20. The van der Waals surface area contributed by atoms with E-state index in [4.69, 9.17) is 22.1 Å². The molecule has 2 rings (SSSR count). The minimum absolute atomic E-state index is 0.204. The minimum Gasteiger partial charge on any atom is -0.493 e. The summed E-state index contributed by atoms with van der Waals surface area (Å²) in [5.74, 6) is 0.857. The number of sulfonamides is 1. The Bertz CT molecular complexity index is 577. The van der Waals surface area contributed by atoms with Crippen molar-refractivity contribution in [3.63, 3.8) is 0 Å². The number of ether oxygens (including phenoxy) is 1. The van der Waals surface area contributed by atoms with Crippen LogP contribution in [0.4, 0.5) is 5.69 Å². The van der Waals surface area contributed by atoms with Gasteiger partial charge in [0, 0.05) is 25.1 Å².